The number of nitrogens with zero attached hydrogens (tertiary/aromatic N) is 4. The van der Waals surface area contributed by atoms with E-state index in [4.69, 9.17) is 5.11 Å². The minimum Gasteiger partial charge on any atom is -0.476 e. The van der Waals surface area contributed by atoms with Gasteiger partial charge in [-0.3, -0.25) is 4.79 Å². The normalized spacial score (nSPS) is 10.2. The lowest BCUT2D eigenvalue weighted by Gasteiger charge is -2.09. The maximum atomic E-state index is 11.6. The zero-order valence-corrected chi connectivity index (χ0v) is 12.2. The average molecular weight is 307 g/mol. The molecule has 2 heterocycles. The molecule has 2 rings (SSSR count). The molecule has 9 heteroatoms. The highest BCUT2D eigenvalue weighted by Crippen LogP contribution is 2.12. The molecule has 0 spiro atoms. The molecule has 0 saturated carbocycles. The van der Waals surface area contributed by atoms with Gasteiger partial charge in [-0.1, -0.05) is 0 Å². The van der Waals surface area contributed by atoms with Crippen molar-refractivity contribution in [2.75, 3.05) is 19.4 Å². The van der Waals surface area contributed by atoms with Crippen LogP contribution >= 0.6 is 11.3 Å². The van der Waals surface area contributed by atoms with Crippen molar-refractivity contribution in [1.29, 1.82) is 0 Å². The SMILES string of the molecule is CN(C)C(=O)c1ccc(NCc2nc(C(=O)O)cs2)nn1. The van der Waals surface area contributed by atoms with Crippen molar-refractivity contribution in [2.24, 2.45) is 0 Å². The number of carboxylic acids is 1. The fourth-order valence-electron chi connectivity index (χ4n) is 1.43. The van der Waals surface area contributed by atoms with Gasteiger partial charge in [-0.2, -0.15) is 0 Å². The first-order chi connectivity index (χ1) is 9.97. The summed E-state index contributed by atoms with van der Waals surface area (Å²) in [6, 6.07) is 3.21. The van der Waals surface area contributed by atoms with Crippen LogP contribution in [0.2, 0.25) is 0 Å². The Morgan fingerprint density at radius 2 is 2.05 bits per heavy atom. The fourth-order valence-corrected chi connectivity index (χ4v) is 2.13. The molecule has 2 N–H and O–H groups in total. The first-order valence-electron chi connectivity index (χ1n) is 5.94. The monoisotopic (exact) mass is 307 g/mol. The van der Waals surface area contributed by atoms with Gasteiger partial charge in [0.05, 0.1) is 6.54 Å². The molecule has 0 bridgehead atoms. The molecular formula is C12H13N5O3S. The van der Waals surface area contributed by atoms with E-state index in [-0.39, 0.29) is 17.3 Å². The van der Waals surface area contributed by atoms with Crippen molar-refractivity contribution >= 4 is 29.0 Å². The van der Waals surface area contributed by atoms with Crippen LogP contribution in [0.25, 0.3) is 0 Å². The number of hydrogen-bond donors (Lipinski definition) is 2. The molecule has 0 radical (unpaired) electrons. The molecule has 110 valence electrons. The van der Waals surface area contributed by atoms with E-state index in [0.717, 1.165) is 0 Å². The van der Waals surface area contributed by atoms with E-state index in [1.54, 1.807) is 26.2 Å². The highest BCUT2D eigenvalue weighted by atomic mass is 32.1. The summed E-state index contributed by atoms with van der Waals surface area (Å²) in [4.78, 5) is 27.7. The van der Waals surface area contributed by atoms with Crippen molar-refractivity contribution in [1.82, 2.24) is 20.1 Å². The Balaban J connectivity index is 1.97. The quantitative estimate of drug-likeness (QED) is 0.846. The predicted octanol–water partition coefficient (Wildman–Crippen LogP) is 0.945. The Hall–Kier alpha value is -2.55. The Labute approximate surface area is 124 Å². The van der Waals surface area contributed by atoms with E-state index in [2.05, 4.69) is 20.5 Å². The first kappa shape index (κ1) is 14.9. The van der Waals surface area contributed by atoms with E-state index >= 15 is 0 Å². The molecule has 0 saturated heterocycles. The molecule has 8 nitrogen and oxygen atoms in total. The zero-order chi connectivity index (χ0) is 15.4. The molecule has 21 heavy (non-hydrogen) atoms. The van der Waals surface area contributed by atoms with Gasteiger partial charge in [-0.25, -0.2) is 9.78 Å². The smallest absolute Gasteiger partial charge is 0.355 e. The number of hydrogen-bond acceptors (Lipinski definition) is 7. The number of amides is 1. The third kappa shape index (κ3) is 3.72. The van der Waals surface area contributed by atoms with E-state index < -0.39 is 5.97 Å². The molecular weight excluding hydrogens is 294 g/mol. The van der Waals surface area contributed by atoms with Gasteiger partial charge >= 0.3 is 5.97 Å². The second kappa shape index (κ2) is 6.27. The van der Waals surface area contributed by atoms with Crippen molar-refractivity contribution in [3.8, 4) is 0 Å². The van der Waals surface area contributed by atoms with Gasteiger partial charge in [0.1, 0.15) is 10.8 Å². The van der Waals surface area contributed by atoms with Gasteiger partial charge in [0.15, 0.2) is 11.4 Å². The van der Waals surface area contributed by atoms with Gasteiger partial charge in [0, 0.05) is 19.5 Å². The number of carbonyl (C=O) groups is 2. The van der Waals surface area contributed by atoms with Crippen LogP contribution in [0.4, 0.5) is 5.82 Å². The largest absolute Gasteiger partial charge is 0.476 e. The molecule has 1 amide bonds. The summed E-state index contributed by atoms with van der Waals surface area (Å²) < 4.78 is 0. The maximum Gasteiger partial charge on any atom is 0.355 e. The summed E-state index contributed by atoms with van der Waals surface area (Å²) in [6.45, 7) is 0.341. The van der Waals surface area contributed by atoms with E-state index in [9.17, 15) is 9.59 Å². The molecule has 0 aliphatic heterocycles. The summed E-state index contributed by atoms with van der Waals surface area (Å²) in [5.41, 5.74) is 0.280. The first-order valence-corrected chi connectivity index (χ1v) is 6.82. The number of aromatic carboxylic acids is 1. The van der Waals surface area contributed by atoms with E-state index in [0.29, 0.717) is 17.4 Å². The lowest BCUT2D eigenvalue weighted by atomic mass is 10.3. The number of carbonyl (C=O) groups excluding carboxylic acids is 1. The number of carboxylic acid groups (broad SMARTS) is 1. The van der Waals surface area contributed by atoms with Crippen LogP contribution < -0.4 is 5.32 Å². The molecule has 0 fully saturated rings. The average Bonchev–Trinajstić information content (AvgIpc) is 2.94. The van der Waals surface area contributed by atoms with Crippen molar-refractivity contribution < 1.29 is 14.7 Å². The topological polar surface area (TPSA) is 108 Å². The summed E-state index contributed by atoms with van der Waals surface area (Å²) in [6.07, 6.45) is 0. The lowest BCUT2D eigenvalue weighted by Crippen LogP contribution is -2.23. The molecule has 0 aliphatic carbocycles. The second-order valence-corrected chi connectivity index (χ2v) is 5.23. The number of aromatic nitrogens is 3. The number of nitrogens with one attached hydrogen (secondary N) is 1. The minimum absolute atomic E-state index is 0.0230. The summed E-state index contributed by atoms with van der Waals surface area (Å²) in [7, 11) is 3.28. The molecule has 0 aromatic carbocycles. The Morgan fingerprint density at radius 1 is 1.29 bits per heavy atom. The minimum atomic E-state index is -1.05. The standard InChI is InChI=1S/C12H13N5O3S/c1-17(2)11(18)7-3-4-9(16-15-7)13-5-10-14-8(6-21-10)12(19)20/h3-4,6H,5H2,1-2H3,(H,13,16)(H,19,20). The Bertz CT molecular complexity index is 653. The maximum absolute atomic E-state index is 11.6. The lowest BCUT2D eigenvalue weighted by molar-refractivity contribution is 0.0690. The molecule has 0 aliphatic rings. The van der Waals surface area contributed by atoms with Crippen molar-refractivity contribution in [3.63, 3.8) is 0 Å². The van der Waals surface area contributed by atoms with Crippen molar-refractivity contribution in [2.45, 2.75) is 6.54 Å². The number of thiazole rings is 1. The summed E-state index contributed by atoms with van der Waals surface area (Å²) in [5, 5.41) is 21.6. The van der Waals surface area contributed by atoms with Crippen LogP contribution in [-0.4, -0.2) is 51.2 Å². The Morgan fingerprint density at radius 3 is 2.57 bits per heavy atom. The zero-order valence-electron chi connectivity index (χ0n) is 11.4. The van der Waals surface area contributed by atoms with Crippen molar-refractivity contribution in [3.05, 3.63) is 33.9 Å². The van der Waals surface area contributed by atoms with Crippen LogP contribution in [0.15, 0.2) is 17.5 Å². The van der Waals surface area contributed by atoms with Crippen LogP contribution in [0, 0.1) is 0 Å². The van der Waals surface area contributed by atoms with Crippen LogP contribution in [0.3, 0.4) is 0 Å². The third-order valence-electron chi connectivity index (χ3n) is 2.48. The van der Waals surface area contributed by atoms with E-state index in [1.807, 2.05) is 0 Å². The number of anilines is 1. The number of rotatable bonds is 5. The fraction of sp³-hybridized carbons (Fsp3) is 0.250. The highest BCUT2D eigenvalue weighted by molar-refractivity contribution is 7.09. The van der Waals surface area contributed by atoms with Crippen LogP contribution in [0.5, 0.6) is 0 Å². The molecule has 2 aromatic rings. The van der Waals surface area contributed by atoms with E-state index in [1.165, 1.54) is 21.6 Å². The highest BCUT2D eigenvalue weighted by Gasteiger charge is 2.11. The summed E-state index contributed by atoms with van der Waals surface area (Å²) in [5.74, 6) is -0.790. The third-order valence-corrected chi connectivity index (χ3v) is 3.33. The predicted molar refractivity (Wildman–Crippen MR) is 76.4 cm³/mol. The molecule has 0 atom stereocenters. The van der Waals surface area contributed by atoms with Gasteiger partial charge in [0.2, 0.25) is 0 Å². The summed E-state index contributed by atoms with van der Waals surface area (Å²) >= 11 is 1.25. The van der Waals surface area contributed by atoms with Crippen LogP contribution in [0.1, 0.15) is 26.0 Å². The van der Waals surface area contributed by atoms with Gasteiger partial charge in [-0.05, 0) is 12.1 Å². The van der Waals surface area contributed by atoms with Gasteiger partial charge in [0.25, 0.3) is 5.91 Å². The van der Waals surface area contributed by atoms with Gasteiger partial charge < -0.3 is 15.3 Å². The Kier molecular flexibility index (Phi) is 4.43. The molecule has 2 aromatic heterocycles. The van der Waals surface area contributed by atoms with Crippen LogP contribution in [-0.2, 0) is 6.54 Å². The van der Waals surface area contributed by atoms with Gasteiger partial charge in [-0.15, -0.1) is 21.5 Å². The second-order valence-electron chi connectivity index (χ2n) is 4.29. The molecule has 0 unspecified atom stereocenters.